The Morgan fingerprint density at radius 3 is 2.27 bits per heavy atom. The fourth-order valence-electron chi connectivity index (χ4n) is 9.30. The highest BCUT2D eigenvalue weighted by Crippen LogP contribution is 2.37. The van der Waals surface area contributed by atoms with Crippen molar-refractivity contribution < 1.29 is 54.1 Å². The molecule has 0 aromatic heterocycles. The molecule has 2 aliphatic heterocycles. The van der Waals surface area contributed by atoms with Crippen molar-refractivity contribution in [3.8, 4) is 0 Å². The number of nitrogens with one attached hydrogen (secondary N) is 1. The van der Waals surface area contributed by atoms with Crippen LogP contribution < -0.4 is 5.32 Å². The van der Waals surface area contributed by atoms with Crippen molar-refractivity contribution in [3.05, 3.63) is 59.2 Å². The third-order valence-corrected chi connectivity index (χ3v) is 13.5. The number of aliphatic hydroxyl groups excluding tert-OH is 3. The van der Waals surface area contributed by atoms with Crippen molar-refractivity contribution >= 4 is 23.3 Å². The van der Waals surface area contributed by atoms with Crippen LogP contribution in [0.15, 0.2) is 42.5 Å². The van der Waals surface area contributed by atoms with Crippen LogP contribution in [0.1, 0.15) is 82.8 Å². The van der Waals surface area contributed by atoms with Gasteiger partial charge >= 0.3 is 11.9 Å². The van der Waals surface area contributed by atoms with Gasteiger partial charge in [0.2, 0.25) is 0 Å². The van der Waals surface area contributed by atoms with E-state index in [-0.39, 0.29) is 37.1 Å². The van der Waals surface area contributed by atoms with E-state index in [1.165, 1.54) is 13.8 Å². The van der Waals surface area contributed by atoms with Crippen LogP contribution in [-0.2, 0) is 23.7 Å². The number of carbonyl (C=O) groups excluding carboxylic acids is 2. The second kappa shape index (κ2) is 21.6. The minimum absolute atomic E-state index is 0.119. The van der Waals surface area contributed by atoms with Gasteiger partial charge in [-0.3, -0.25) is 9.69 Å². The van der Waals surface area contributed by atoms with Crippen LogP contribution in [0.25, 0.3) is 0 Å². The van der Waals surface area contributed by atoms with Crippen LogP contribution in [-0.4, -0.2) is 173 Å². The fraction of sp³-hybridized carbons (Fsp3) is 0.702. The number of ether oxygens (including phenoxy) is 4. The number of anilines is 2. The Bertz CT molecular complexity index is 1780. The van der Waals surface area contributed by atoms with Crippen molar-refractivity contribution in [1.82, 2.24) is 14.7 Å². The first kappa shape index (κ1) is 51.4. The molecule has 15 nitrogen and oxygen atoms in total. The molecule has 2 aliphatic rings. The quantitative estimate of drug-likeness (QED) is 0.179. The molecule has 0 aliphatic carbocycles. The molecule has 0 saturated carbocycles. The molecule has 4 rings (SSSR count). The average molecular weight is 873 g/mol. The molecule has 14 atom stereocenters. The van der Waals surface area contributed by atoms with E-state index in [4.69, 9.17) is 18.9 Å². The summed E-state index contributed by atoms with van der Waals surface area (Å²) in [5.41, 5.74) is 0.623. The maximum absolute atomic E-state index is 13.6. The van der Waals surface area contributed by atoms with Gasteiger partial charge in [0.05, 0.1) is 53.7 Å². The molecule has 15 heteroatoms. The summed E-state index contributed by atoms with van der Waals surface area (Å²) in [5.74, 6) is -3.55. The Labute approximate surface area is 369 Å². The Morgan fingerprint density at radius 1 is 0.984 bits per heavy atom. The van der Waals surface area contributed by atoms with Gasteiger partial charge in [0.25, 0.3) is 0 Å². The lowest BCUT2D eigenvalue weighted by atomic mass is 9.78. The largest absolute Gasteiger partial charge is 0.461 e. The number of esters is 2. The highest BCUT2D eigenvalue weighted by molar-refractivity contribution is 5.96. The fourth-order valence-corrected chi connectivity index (χ4v) is 9.30. The van der Waals surface area contributed by atoms with Crippen LogP contribution in [0.3, 0.4) is 0 Å². The summed E-state index contributed by atoms with van der Waals surface area (Å²) in [6.07, 6.45) is -5.71. The van der Waals surface area contributed by atoms with Crippen molar-refractivity contribution in [2.75, 3.05) is 59.8 Å². The predicted molar refractivity (Wildman–Crippen MR) is 238 cm³/mol. The van der Waals surface area contributed by atoms with E-state index >= 15 is 0 Å². The monoisotopic (exact) mass is 873 g/mol. The zero-order chi connectivity index (χ0) is 46.4. The summed E-state index contributed by atoms with van der Waals surface area (Å²) in [6, 6.07) is 12.1. The molecular weight excluding hydrogens is 797 g/mol. The molecule has 2 aromatic rings. The first-order valence-electron chi connectivity index (χ1n) is 22.0. The number of aliphatic hydroxyl groups is 5. The van der Waals surface area contributed by atoms with E-state index in [0.717, 1.165) is 16.8 Å². The number of rotatable bonds is 11. The van der Waals surface area contributed by atoms with Crippen LogP contribution in [0.5, 0.6) is 0 Å². The van der Waals surface area contributed by atoms with Gasteiger partial charge < -0.3 is 59.6 Å². The zero-order valence-electron chi connectivity index (χ0n) is 39.2. The Hall–Kier alpha value is -3.22. The lowest BCUT2D eigenvalue weighted by Gasteiger charge is -2.50. The number of para-hydroxylation sites is 1. The molecule has 2 fully saturated rings. The van der Waals surface area contributed by atoms with Gasteiger partial charge in [0, 0.05) is 36.8 Å². The van der Waals surface area contributed by atoms with Gasteiger partial charge in [-0.1, -0.05) is 38.1 Å². The molecule has 350 valence electrons. The van der Waals surface area contributed by atoms with Crippen molar-refractivity contribution in [2.45, 2.75) is 141 Å². The second-order valence-corrected chi connectivity index (χ2v) is 18.9. The summed E-state index contributed by atoms with van der Waals surface area (Å²) < 4.78 is 24.9. The van der Waals surface area contributed by atoms with Gasteiger partial charge in [-0.15, -0.1) is 0 Å². The SMILES string of the molecule is Cc1cccc(Nc2ccccc2C(=O)OCCN(C)[C@@H]2C[C@@H](C)O[C@@H](O[C@@H]3[C@@H](C)[C@H](O)[C@@H](C)C(=O)O[C@H](CO)[C@@](C)(O)[C@H](O)[C@@H](C)N(C)C[C@H](C)C[C@@]3(C)O)[C@H]2N(C)C)c1C. The number of cyclic esters (lactones) is 1. The number of benzene rings is 2. The molecule has 0 bridgehead atoms. The van der Waals surface area contributed by atoms with Gasteiger partial charge in [-0.2, -0.15) is 0 Å². The van der Waals surface area contributed by atoms with E-state index in [9.17, 15) is 35.1 Å². The minimum atomic E-state index is -2.03. The molecule has 2 saturated heterocycles. The topological polar surface area (TPSA) is 194 Å². The summed E-state index contributed by atoms with van der Waals surface area (Å²) in [4.78, 5) is 33.1. The molecule has 0 radical (unpaired) electrons. The van der Waals surface area contributed by atoms with E-state index in [1.54, 1.807) is 40.0 Å². The number of likely N-dealkylation sites (N-methyl/N-ethyl adjacent to an activating group) is 3. The van der Waals surface area contributed by atoms with Crippen LogP contribution in [0, 0.1) is 31.6 Å². The van der Waals surface area contributed by atoms with Gasteiger partial charge in [-0.25, -0.2) is 4.79 Å². The average Bonchev–Trinajstić information content (AvgIpc) is 3.20. The zero-order valence-corrected chi connectivity index (χ0v) is 39.2. The van der Waals surface area contributed by atoms with E-state index in [1.807, 2.05) is 89.0 Å². The van der Waals surface area contributed by atoms with Crippen molar-refractivity contribution in [2.24, 2.45) is 17.8 Å². The van der Waals surface area contributed by atoms with Gasteiger partial charge in [-0.05, 0) is 125 Å². The molecule has 2 aromatic carbocycles. The highest BCUT2D eigenvalue weighted by atomic mass is 16.7. The Kier molecular flexibility index (Phi) is 17.9. The number of carbonyl (C=O) groups is 2. The minimum Gasteiger partial charge on any atom is -0.461 e. The standard InChI is InChI=1S/C47H76N4O11/c1-27-24-46(8,57)42(31(5)40(53)32(6)43(55)61-38(26-52)47(9,58)41(54)33(7)51(13)25-27)62-45-39(49(10)11)37(23-29(3)60-45)50(12)21-22-59-44(56)34-18-14-15-19-36(34)48-35-20-16-17-28(2)30(35)4/h14-20,27,29,31-33,37-42,45,48,52-54,57-58H,21-26H2,1-13H3/t27-,29-,31+,32-,33-,37-,38-,39+,40+,41-,42-,45+,46-,47-/m1/s1. The maximum atomic E-state index is 13.6. The number of hydrogen-bond acceptors (Lipinski definition) is 15. The Morgan fingerprint density at radius 2 is 1.63 bits per heavy atom. The molecular formula is C47H76N4O11. The van der Waals surface area contributed by atoms with Gasteiger partial charge in [0.1, 0.15) is 18.3 Å². The first-order valence-corrected chi connectivity index (χ1v) is 22.0. The number of aryl methyl sites for hydroxylation is 1. The van der Waals surface area contributed by atoms with Crippen LogP contribution in [0.4, 0.5) is 11.4 Å². The van der Waals surface area contributed by atoms with Crippen LogP contribution >= 0.6 is 0 Å². The van der Waals surface area contributed by atoms with Crippen molar-refractivity contribution in [3.63, 3.8) is 0 Å². The summed E-state index contributed by atoms with van der Waals surface area (Å²) in [5, 5.41) is 60.6. The first-order chi connectivity index (χ1) is 28.9. The van der Waals surface area contributed by atoms with Crippen LogP contribution in [0.2, 0.25) is 0 Å². The smallest absolute Gasteiger partial charge is 0.340 e. The molecule has 0 spiro atoms. The lowest BCUT2D eigenvalue weighted by molar-refractivity contribution is -0.287. The molecule has 62 heavy (non-hydrogen) atoms. The van der Waals surface area contributed by atoms with E-state index < -0.39 is 78.3 Å². The molecule has 0 unspecified atom stereocenters. The normalized spacial score (nSPS) is 35.8. The third-order valence-electron chi connectivity index (χ3n) is 13.5. The molecule has 2 heterocycles. The summed E-state index contributed by atoms with van der Waals surface area (Å²) in [7, 11) is 7.60. The highest BCUT2D eigenvalue weighted by Gasteiger charge is 2.50. The molecule has 6 N–H and O–H groups in total. The second-order valence-electron chi connectivity index (χ2n) is 18.9. The number of nitrogens with zero attached hydrogens (tertiary/aromatic N) is 3. The summed E-state index contributed by atoms with van der Waals surface area (Å²) >= 11 is 0. The number of hydrogen-bond donors (Lipinski definition) is 6. The van der Waals surface area contributed by atoms with E-state index in [0.29, 0.717) is 30.8 Å². The van der Waals surface area contributed by atoms with E-state index in [2.05, 4.69) is 10.2 Å². The lowest BCUT2D eigenvalue weighted by Crippen LogP contribution is -2.63. The molecule has 0 amide bonds. The van der Waals surface area contributed by atoms with Gasteiger partial charge in [0.15, 0.2) is 12.4 Å². The third kappa shape index (κ3) is 12.1. The Balaban J connectivity index is 1.57. The maximum Gasteiger partial charge on any atom is 0.340 e. The predicted octanol–water partition coefficient (Wildman–Crippen LogP) is 3.71. The summed E-state index contributed by atoms with van der Waals surface area (Å²) in [6.45, 7) is 16.0. The van der Waals surface area contributed by atoms with Crippen molar-refractivity contribution in [1.29, 1.82) is 0 Å².